The van der Waals surface area contributed by atoms with Crippen molar-refractivity contribution in [1.82, 2.24) is 5.32 Å². The number of carbonyl (C=O) groups excluding carboxylic acids is 1. The van der Waals surface area contributed by atoms with E-state index in [9.17, 15) is 40.5 Å². The van der Waals surface area contributed by atoms with Crippen molar-refractivity contribution in [3.05, 3.63) is 48.6 Å². The lowest BCUT2D eigenvalue weighted by atomic mass is 9.98. The van der Waals surface area contributed by atoms with Gasteiger partial charge in [-0.15, -0.1) is 0 Å². The predicted molar refractivity (Wildman–Crippen MR) is 385 cm³/mol. The second kappa shape index (κ2) is 68.0. The van der Waals surface area contributed by atoms with Gasteiger partial charge in [-0.25, -0.2) is 0 Å². The fourth-order valence-corrected chi connectivity index (χ4v) is 12.8. The fraction of sp³-hybridized carbons (Fsp3) is 0.887. The highest BCUT2D eigenvalue weighted by molar-refractivity contribution is 5.80. The number of hydrogen-bond acceptors (Lipinski definition) is 10. The average Bonchev–Trinajstić information content (AvgIpc) is 1.05. The van der Waals surface area contributed by atoms with E-state index in [1.807, 2.05) is 0 Å². The quantitative estimate of drug-likeness (QED) is 0.0215. The van der Waals surface area contributed by atoms with Gasteiger partial charge in [0.2, 0.25) is 5.91 Å². The van der Waals surface area contributed by atoms with Crippen molar-refractivity contribution in [2.24, 2.45) is 0 Å². The Labute approximate surface area is 561 Å². The lowest BCUT2D eigenvalue weighted by Gasteiger charge is -2.40. The van der Waals surface area contributed by atoms with Gasteiger partial charge < -0.3 is 50.5 Å². The van der Waals surface area contributed by atoms with Crippen LogP contribution in [0, 0.1) is 0 Å². The van der Waals surface area contributed by atoms with E-state index in [0.717, 1.165) is 44.9 Å². The van der Waals surface area contributed by atoms with E-state index in [1.54, 1.807) is 0 Å². The molecule has 1 rings (SSSR count). The summed E-state index contributed by atoms with van der Waals surface area (Å²) < 4.78 is 11.2. The summed E-state index contributed by atoms with van der Waals surface area (Å²) in [5, 5.41) is 76.6. The van der Waals surface area contributed by atoms with Crippen molar-refractivity contribution >= 4 is 5.91 Å². The molecule has 536 valence electrons. The first-order chi connectivity index (χ1) is 44.7. The van der Waals surface area contributed by atoms with Crippen molar-refractivity contribution in [3.63, 3.8) is 0 Å². The zero-order valence-electron chi connectivity index (χ0n) is 59.6. The van der Waals surface area contributed by atoms with Gasteiger partial charge in [-0.1, -0.05) is 345 Å². The molecule has 0 aromatic heterocycles. The summed E-state index contributed by atoms with van der Waals surface area (Å²) in [5.74, 6) is -0.707. The molecule has 0 spiro atoms. The number of hydrogen-bond donors (Lipinski definition) is 8. The number of carbonyl (C=O) groups is 1. The number of aliphatic hydroxyl groups is 7. The minimum Gasteiger partial charge on any atom is -0.394 e. The maximum Gasteiger partial charge on any atom is 0.249 e. The minimum absolute atomic E-state index is 0.242. The van der Waals surface area contributed by atoms with Gasteiger partial charge >= 0.3 is 0 Å². The number of amides is 1. The molecule has 0 saturated carbocycles. The van der Waals surface area contributed by atoms with Gasteiger partial charge in [0.15, 0.2) is 6.29 Å². The van der Waals surface area contributed by atoms with Gasteiger partial charge in [-0.2, -0.15) is 0 Å². The molecule has 1 fully saturated rings. The normalized spacial score (nSPS) is 18.6. The summed E-state index contributed by atoms with van der Waals surface area (Å²) in [5.41, 5.74) is 0. The Balaban J connectivity index is 2.16. The Hall–Kier alpha value is -1.93. The smallest absolute Gasteiger partial charge is 0.249 e. The van der Waals surface area contributed by atoms with Gasteiger partial charge in [0.25, 0.3) is 0 Å². The first-order valence-corrected chi connectivity index (χ1v) is 39.5. The molecule has 0 radical (unpaired) electrons. The molecule has 9 unspecified atom stereocenters. The zero-order chi connectivity index (χ0) is 66.0. The van der Waals surface area contributed by atoms with E-state index >= 15 is 0 Å². The van der Waals surface area contributed by atoms with Gasteiger partial charge in [-0.05, 0) is 89.9 Å². The molecule has 0 aromatic rings. The molecule has 0 bridgehead atoms. The summed E-state index contributed by atoms with van der Waals surface area (Å²) in [6.45, 7) is 3.50. The number of allylic oxidation sites excluding steroid dienone is 8. The van der Waals surface area contributed by atoms with Crippen LogP contribution in [0.3, 0.4) is 0 Å². The Kier molecular flexibility index (Phi) is 65.1. The van der Waals surface area contributed by atoms with Crippen LogP contribution in [0.5, 0.6) is 0 Å². The highest BCUT2D eigenvalue weighted by atomic mass is 16.7. The van der Waals surface area contributed by atoms with Crippen LogP contribution in [-0.2, 0) is 14.3 Å². The van der Waals surface area contributed by atoms with Crippen LogP contribution in [0.2, 0.25) is 0 Å². The van der Waals surface area contributed by atoms with Crippen LogP contribution in [0.15, 0.2) is 48.6 Å². The molecule has 0 aliphatic carbocycles. The molecule has 8 N–H and O–H groups in total. The molecule has 91 heavy (non-hydrogen) atoms. The molecule has 1 saturated heterocycles. The SMILES string of the molecule is CCCCCCCCCCCCCCCCC/C=C/CC/C=C/CC/C=C/CCCC(O)C(O)C(COC1OC(CO)C(O)C(O)C1O)NC(=O)C(O)CCCCCCCCCCCCCCCCCC/C=C\CCCCCCCCCCCCCCCCCC. The standard InChI is InChI=1S/C80H151NO10/c1-3-5-7-9-11-13-15-17-19-21-23-25-27-29-31-33-34-35-36-37-38-39-40-42-44-46-48-50-52-54-56-58-60-62-64-66-68-73(84)79(89)81-71(70-90-80-78(88)77(87)76(86)74(69-82)91-80)75(85)72(83)67-65-63-61-59-57-55-53-51-49-47-45-43-41-32-30-28-26-24-22-20-18-16-14-12-10-8-6-4-2/h35-36,43,45,51,53,59,61,71-78,80,82-88H,3-34,37-42,44,46-50,52,54-58,60,62-70H2,1-2H3,(H,81,89)/b36-35-,45-43+,53-51+,61-59+. The van der Waals surface area contributed by atoms with E-state index in [-0.39, 0.29) is 12.8 Å². The summed E-state index contributed by atoms with van der Waals surface area (Å²) in [7, 11) is 0. The van der Waals surface area contributed by atoms with Crippen LogP contribution < -0.4 is 5.32 Å². The molecule has 1 amide bonds. The predicted octanol–water partition coefficient (Wildman–Crippen LogP) is 20.3. The Bertz CT molecular complexity index is 1620. The van der Waals surface area contributed by atoms with Crippen molar-refractivity contribution < 1.29 is 50.0 Å². The number of nitrogens with one attached hydrogen (secondary N) is 1. The monoisotopic (exact) mass is 1290 g/mol. The summed E-state index contributed by atoms with van der Waals surface area (Å²) in [4.78, 5) is 13.3. The van der Waals surface area contributed by atoms with Gasteiger partial charge in [0.05, 0.1) is 25.4 Å². The maximum absolute atomic E-state index is 13.3. The molecule has 1 aliphatic rings. The zero-order valence-corrected chi connectivity index (χ0v) is 59.6. The first-order valence-electron chi connectivity index (χ1n) is 39.5. The molecular formula is C80H151NO10. The molecule has 1 heterocycles. The van der Waals surface area contributed by atoms with E-state index in [0.29, 0.717) is 19.3 Å². The molecule has 11 nitrogen and oxygen atoms in total. The molecule has 0 aromatic carbocycles. The van der Waals surface area contributed by atoms with Crippen LogP contribution in [0.1, 0.15) is 386 Å². The minimum atomic E-state index is -1.68. The third-order valence-corrected chi connectivity index (χ3v) is 19.1. The largest absolute Gasteiger partial charge is 0.394 e. The third-order valence-electron chi connectivity index (χ3n) is 19.1. The molecule has 11 heteroatoms. The van der Waals surface area contributed by atoms with Crippen LogP contribution in [0.25, 0.3) is 0 Å². The number of ether oxygens (including phenoxy) is 2. The number of aliphatic hydroxyl groups excluding tert-OH is 7. The maximum atomic E-state index is 13.3. The van der Waals surface area contributed by atoms with Crippen LogP contribution >= 0.6 is 0 Å². The average molecular weight is 1290 g/mol. The van der Waals surface area contributed by atoms with Crippen molar-refractivity contribution in [1.29, 1.82) is 0 Å². The third kappa shape index (κ3) is 54.8. The summed E-state index contributed by atoms with van der Waals surface area (Å²) in [6, 6.07) is -1.20. The number of unbranched alkanes of at least 4 members (excludes halogenated alkanes) is 50. The van der Waals surface area contributed by atoms with Crippen molar-refractivity contribution in [2.75, 3.05) is 13.2 Å². The number of rotatable bonds is 70. The molecular weight excluding hydrogens is 1130 g/mol. The van der Waals surface area contributed by atoms with E-state index in [1.165, 1.54) is 295 Å². The van der Waals surface area contributed by atoms with Crippen molar-refractivity contribution in [2.45, 2.75) is 441 Å². The highest BCUT2D eigenvalue weighted by Gasteiger charge is 2.44. The van der Waals surface area contributed by atoms with Crippen molar-refractivity contribution in [3.8, 4) is 0 Å². The van der Waals surface area contributed by atoms with E-state index < -0.39 is 74.2 Å². The van der Waals surface area contributed by atoms with Gasteiger partial charge in [0.1, 0.15) is 36.6 Å². The van der Waals surface area contributed by atoms with Crippen LogP contribution in [-0.4, -0.2) is 110 Å². The lowest BCUT2D eigenvalue weighted by molar-refractivity contribution is -0.303. The lowest BCUT2D eigenvalue weighted by Crippen LogP contribution is -2.60. The first kappa shape index (κ1) is 87.1. The highest BCUT2D eigenvalue weighted by Crippen LogP contribution is 2.24. The molecule has 1 aliphatic heterocycles. The van der Waals surface area contributed by atoms with Gasteiger partial charge in [-0.3, -0.25) is 4.79 Å². The van der Waals surface area contributed by atoms with E-state index in [4.69, 9.17) is 9.47 Å². The Morgan fingerprint density at radius 1 is 0.374 bits per heavy atom. The summed E-state index contributed by atoms with van der Waals surface area (Å²) >= 11 is 0. The second-order valence-electron chi connectivity index (χ2n) is 27.8. The summed E-state index contributed by atoms with van der Waals surface area (Å²) in [6.07, 6.45) is 79.5. The second-order valence-corrected chi connectivity index (χ2v) is 27.8. The van der Waals surface area contributed by atoms with Gasteiger partial charge in [0, 0.05) is 0 Å². The fourth-order valence-electron chi connectivity index (χ4n) is 12.8. The van der Waals surface area contributed by atoms with Crippen LogP contribution in [0.4, 0.5) is 0 Å². The topological polar surface area (TPSA) is 189 Å². The van der Waals surface area contributed by atoms with E-state index in [2.05, 4.69) is 67.8 Å². The Morgan fingerprint density at radius 2 is 0.659 bits per heavy atom. The Morgan fingerprint density at radius 3 is 0.978 bits per heavy atom. The molecule has 9 atom stereocenters.